The summed E-state index contributed by atoms with van der Waals surface area (Å²) in [4.78, 5) is 13.0. The number of ether oxygens (including phenoxy) is 2. The largest absolute Gasteiger partial charge is 0.486 e. The molecule has 4 aromatic carbocycles. The van der Waals surface area contributed by atoms with Gasteiger partial charge in [0.1, 0.15) is 23.4 Å². The number of carboxylic acids is 1. The quantitative estimate of drug-likeness (QED) is 0.262. The van der Waals surface area contributed by atoms with E-state index in [-0.39, 0.29) is 11.9 Å². The van der Waals surface area contributed by atoms with Crippen LogP contribution in [-0.4, -0.2) is 30.3 Å². The fourth-order valence-electron chi connectivity index (χ4n) is 5.09. The Morgan fingerprint density at radius 3 is 2.76 bits per heavy atom. The Kier molecular flexibility index (Phi) is 7.26. The van der Waals surface area contributed by atoms with Crippen LogP contribution < -0.4 is 14.4 Å². The summed E-state index contributed by atoms with van der Waals surface area (Å²) in [5.74, 6) is 0.00201. The van der Waals surface area contributed by atoms with Gasteiger partial charge in [0.15, 0.2) is 6.61 Å². The molecule has 37 heavy (non-hydrogen) atoms. The SMILES string of the molecule is C[C@@H](CCCC1CN(c2cccc(OCC(=O)O)c2)c2ccc(F)cc2O1)c1cccc2ccccc12. The first kappa shape index (κ1) is 24.6. The Labute approximate surface area is 216 Å². The normalized spacial score (nSPS) is 15.6. The molecule has 1 unspecified atom stereocenters. The molecule has 1 aliphatic heterocycles. The lowest BCUT2D eigenvalue weighted by molar-refractivity contribution is -0.139. The maximum atomic E-state index is 14.1. The second kappa shape index (κ2) is 10.9. The Hall–Kier alpha value is -4.06. The first-order valence-electron chi connectivity index (χ1n) is 12.6. The summed E-state index contributed by atoms with van der Waals surface area (Å²) in [5, 5.41) is 11.5. The van der Waals surface area contributed by atoms with E-state index < -0.39 is 12.6 Å². The molecule has 0 aromatic heterocycles. The van der Waals surface area contributed by atoms with Crippen LogP contribution in [0.15, 0.2) is 84.9 Å². The first-order chi connectivity index (χ1) is 18.0. The fraction of sp³-hybridized carbons (Fsp3) is 0.258. The zero-order valence-corrected chi connectivity index (χ0v) is 20.8. The van der Waals surface area contributed by atoms with Crippen molar-refractivity contribution in [3.05, 3.63) is 96.3 Å². The van der Waals surface area contributed by atoms with Crippen LogP contribution in [0.2, 0.25) is 0 Å². The Morgan fingerprint density at radius 2 is 1.89 bits per heavy atom. The topological polar surface area (TPSA) is 59.0 Å². The number of aliphatic carboxylic acids is 1. The maximum absolute atomic E-state index is 14.1. The first-order valence-corrected chi connectivity index (χ1v) is 12.6. The molecule has 5 nitrogen and oxygen atoms in total. The van der Waals surface area contributed by atoms with E-state index in [1.807, 2.05) is 12.1 Å². The number of halogens is 1. The summed E-state index contributed by atoms with van der Waals surface area (Å²) in [5.41, 5.74) is 2.97. The van der Waals surface area contributed by atoms with E-state index in [2.05, 4.69) is 54.3 Å². The zero-order chi connectivity index (χ0) is 25.8. The van der Waals surface area contributed by atoms with E-state index in [9.17, 15) is 9.18 Å². The molecule has 0 fully saturated rings. The summed E-state index contributed by atoms with van der Waals surface area (Å²) in [6, 6.07) is 26.8. The number of nitrogens with zero attached hydrogens (tertiary/aromatic N) is 1. The molecule has 1 N–H and O–H groups in total. The average molecular weight is 500 g/mol. The van der Waals surface area contributed by atoms with Crippen LogP contribution in [0.1, 0.15) is 37.7 Å². The molecule has 0 bridgehead atoms. The highest BCUT2D eigenvalue weighted by Gasteiger charge is 2.27. The number of hydrogen-bond donors (Lipinski definition) is 1. The van der Waals surface area contributed by atoms with Crippen molar-refractivity contribution in [3.63, 3.8) is 0 Å². The van der Waals surface area contributed by atoms with Gasteiger partial charge in [-0.25, -0.2) is 9.18 Å². The van der Waals surface area contributed by atoms with Crippen LogP contribution in [0.3, 0.4) is 0 Å². The van der Waals surface area contributed by atoms with Crippen molar-refractivity contribution in [1.29, 1.82) is 0 Å². The van der Waals surface area contributed by atoms with Crippen molar-refractivity contribution < 1.29 is 23.8 Å². The minimum absolute atomic E-state index is 0.113. The summed E-state index contributed by atoms with van der Waals surface area (Å²) < 4.78 is 25.7. The standard InChI is InChI=1S/C31H30FNO4/c1-21(27-14-5-9-22-8-2-3-13-28(22)27)7-4-12-26-19-33(29-16-15-23(32)17-30(29)37-26)24-10-6-11-25(18-24)36-20-31(34)35/h2-3,5-6,8-11,13-18,21,26H,4,7,12,19-20H2,1H3,(H,34,35)/t21-,26?/m0/s1. The molecule has 190 valence electrons. The predicted molar refractivity (Wildman–Crippen MR) is 144 cm³/mol. The molecule has 0 amide bonds. The van der Waals surface area contributed by atoms with Crippen molar-refractivity contribution in [3.8, 4) is 11.5 Å². The highest BCUT2D eigenvalue weighted by Crippen LogP contribution is 2.40. The highest BCUT2D eigenvalue weighted by atomic mass is 19.1. The number of carboxylic acid groups (broad SMARTS) is 1. The van der Waals surface area contributed by atoms with Crippen molar-refractivity contribution >= 4 is 28.1 Å². The van der Waals surface area contributed by atoms with Crippen molar-refractivity contribution in [2.24, 2.45) is 0 Å². The lowest BCUT2D eigenvalue weighted by Gasteiger charge is -2.36. The monoisotopic (exact) mass is 499 g/mol. The molecule has 0 saturated heterocycles. The molecule has 0 radical (unpaired) electrons. The number of anilines is 2. The Balaban J connectivity index is 1.30. The van der Waals surface area contributed by atoms with Gasteiger partial charge in [0.2, 0.25) is 0 Å². The van der Waals surface area contributed by atoms with Crippen LogP contribution in [0.5, 0.6) is 11.5 Å². The van der Waals surface area contributed by atoms with Crippen LogP contribution in [0.4, 0.5) is 15.8 Å². The van der Waals surface area contributed by atoms with Crippen LogP contribution in [-0.2, 0) is 4.79 Å². The van der Waals surface area contributed by atoms with Gasteiger partial charge in [0.05, 0.1) is 12.2 Å². The summed E-state index contributed by atoms with van der Waals surface area (Å²) in [6.45, 7) is 2.46. The third-order valence-corrected chi connectivity index (χ3v) is 6.90. The predicted octanol–water partition coefficient (Wildman–Crippen LogP) is 7.32. The second-order valence-corrected chi connectivity index (χ2v) is 9.54. The molecule has 1 aliphatic rings. The fourth-order valence-corrected chi connectivity index (χ4v) is 5.09. The molecule has 0 saturated carbocycles. The maximum Gasteiger partial charge on any atom is 0.341 e. The van der Waals surface area contributed by atoms with E-state index >= 15 is 0 Å². The van der Waals surface area contributed by atoms with Gasteiger partial charge >= 0.3 is 5.97 Å². The summed E-state index contributed by atoms with van der Waals surface area (Å²) >= 11 is 0. The Bertz CT molecular complexity index is 1400. The van der Waals surface area contributed by atoms with Gasteiger partial charge in [0, 0.05) is 17.8 Å². The van der Waals surface area contributed by atoms with Gasteiger partial charge in [-0.3, -0.25) is 0 Å². The highest BCUT2D eigenvalue weighted by molar-refractivity contribution is 5.86. The number of fused-ring (bicyclic) bond motifs is 2. The third kappa shape index (κ3) is 5.69. The van der Waals surface area contributed by atoms with Crippen LogP contribution in [0.25, 0.3) is 10.8 Å². The second-order valence-electron chi connectivity index (χ2n) is 9.54. The summed E-state index contributed by atoms with van der Waals surface area (Å²) in [7, 11) is 0. The molecule has 5 rings (SSSR count). The molecular formula is C31H30FNO4. The smallest absolute Gasteiger partial charge is 0.341 e. The summed E-state index contributed by atoms with van der Waals surface area (Å²) in [6.07, 6.45) is 2.70. The van der Waals surface area contributed by atoms with Crippen molar-refractivity contribution in [1.82, 2.24) is 0 Å². The third-order valence-electron chi connectivity index (χ3n) is 6.90. The van der Waals surface area contributed by atoms with Gasteiger partial charge in [-0.05, 0) is 65.8 Å². The average Bonchev–Trinajstić information content (AvgIpc) is 2.91. The molecular weight excluding hydrogens is 469 g/mol. The number of rotatable bonds is 9. The number of benzene rings is 4. The van der Waals surface area contributed by atoms with Crippen LogP contribution in [0, 0.1) is 5.82 Å². The molecule has 1 heterocycles. The lowest BCUT2D eigenvalue weighted by atomic mass is 9.90. The molecule has 0 spiro atoms. The molecule has 4 aromatic rings. The minimum Gasteiger partial charge on any atom is -0.486 e. The molecule has 2 atom stereocenters. The van der Waals surface area contributed by atoms with E-state index in [0.29, 0.717) is 24.0 Å². The Morgan fingerprint density at radius 1 is 1.08 bits per heavy atom. The van der Waals surface area contributed by atoms with Crippen molar-refractivity contribution in [2.45, 2.75) is 38.2 Å². The van der Waals surface area contributed by atoms with E-state index in [1.165, 1.54) is 28.5 Å². The van der Waals surface area contributed by atoms with Gasteiger partial charge in [-0.1, -0.05) is 55.5 Å². The van der Waals surface area contributed by atoms with Gasteiger partial charge in [-0.2, -0.15) is 0 Å². The molecule has 0 aliphatic carbocycles. The molecule has 6 heteroatoms. The number of hydrogen-bond acceptors (Lipinski definition) is 4. The zero-order valence-electron chi connectivity index (χ0n) is 20.8. The number of carbonyl (C=O) groups is 1. The lowest BCUT2D eigenvalue weighted by Crippen LogP contribution is -2.37. The van der Waals surface area contributed by atoms with Gasteiger partial charge < -0.3 is 19.5 Å². The van der Waals surface area contributed by atoms with Crippen LogP contribution >= 0.6 is 0 Å². The van der Waals surface area contributed by atoms with Gasteiger partial charge in [-0.15, -0.1) is 0 Å². The van der Waals surface area contributed by atoms with E-state index in [0.717, 1.165) is 30.6 Å². The minimum atomic E-state index is -1.03. The van der Waals surface area contributed by atoms with Crippen molar-refractivity contribution in [2.75, 3.05) is 18.1 Å². The van der Waals surface area contributed by atoms with E-state index in [1.54, 1.807) is 18.2 Å². The van der Waals surface area contributed by atoms with E-state index in [4.69, 9.17) is 14.6 Å². The van der Waals surface area contributed by atoms with Gasteiger partial charge in [0.25, 0.3) is 0 Å².